The number of nitrogens with one attached hydrogen (secondary N) is 2. The normalized spacial score (nSPS) is 21.0. The molecule has 0 saturated carbocycles. The molecule has 0 radical (unpaired) electrons. The van der Waals surface area contributed by atoms with E-state index in [1.54, 1.807) is 31.1 Å². The smallest absolute Gasteiger partial charge is 0.338 e. The number of hydrogen-bond acceptors (Lipinski definition) is 6. The first kappa shape index (κ1) is 28.3. The van der Waals surface area contributed by atoms with Crippen molar-refractivity contribution >= 4 is 18.0 Å². The summed E-state index contributed by atoms with van der Waals surface area (Å²) in [4.78, 5) is 44.9. The molecule has 4 amide bonds. The predicted molar refractivity (Wildman–Crippen MR) is 141 cm³/mol. The summed E-state index contributed by atoms with van der Waals surface area (Å²) < 4.78 is 10.7. The zero-order chi connectivity index (χ0) is 27.3. The summed E-state index contributed by atoms with van der Waals surface area (Å²) in [5, 5.41) is 6.02. The molecular formula is C27H41N5O5. The highest BCUT2D eigenvalue weighted by Crippen LogP contribution is 2.33. The Labute approximate surface area is 219 Å². The number of esters is 1. The molecule has 10 heteroatoms. The van der Waals surface area contributed by atoms with Crippen molar-refractivity contribution in [2.24, 2.45) is 0 Å². The van der Waals surface area contributed by atoms with Gasteiger partial charge in [0, 0.05) is 50.0 Å². The molecule has 2 heterocycles. The van der Waals surface area contributed by atoms with Crippen LogP contribution >= 0.6 is 0 Å². The second-order valence-corrected chi connectivity index (χ2v) is 10.4. The number of benzene rings is 1. The summed E-state index contributed by atoms with van der Waals surface area (Å²) in [5.41, 5.74) is 1.50. The quantitative estimate of drug-likeness (QED) is 0.541. The molecule has 204 valence electrons. The molecule has 0 aromatic heterocycles. The SMILES string of the molecule is CCOC(=O)C1=C(CN2CCN(C(=O)NC(C)(C)C)[C@H](C)C2)N(CC)C(=O)N[C@H]1c1ccc(OC)cc1. The Kier molecular flexibility index (Phi) is 9.07. The van der Waals surface area contributed by atoms with Crippen LogP contribution in [0.2, 0.25) is 0 Å². The molecule has 1 saturated heterocycles. The van der Waals surface area contributed by atoms with Crippen molar-refractivity contribution < 1.29 is 23.9 Å². The zero-order valence-corrected chi connectivity index (χ0v) is 23.1. The highest BCUT2D eigenvalue weighted by molar-refractivity contribution is 5.95. The van der Waals surface area contributed by atoms with E-state index in [0.29, 0.717) is 49.7 Å². The number of piperazine rings is 1. The van der Waals surface area contributed by atoms with Crippen molar-refractivity contribution in [3.8, 4) is 5.75 Å². The average Bonchev–Trinajstić information content (AvgIpc) is 2.83. The van der Waals surface area contributed by atoms with Crippen LogP contribution in [0.25, 0.3) is 0 Å². The van der Waals surface area contributed by atoms with Gasteiger partial charge in [0.15, 0.2) is 0 Å². The molecule has 0 aliphatic carbocycles. The summed E-state index contributed by atoms with van der Waals surface area (Å²) in [7, 11) is 1.59. The van der Waals surface area contributed by atoms with Crippen LogP contribution in [-0.4, -0.2) is 90.8 Å². The molecule has 1 fully saturated rings. The van der Waals surface area contributed by atoms with E-state index in [2.05, 4.69) is 15.5 Å². The molecular weight excluding hydrogens is 474 g/mol. The minimum atomic E-state index is -0.647. The van der Waals surface area contributed by atoms with Crippen LogP contribution in [0.3, 0.4) is 0 Å². The van der Waals surface area contributed by atoms with Crippen LogP contribution in [0.4, 0.5) is 9.59 Å². The Bertz CT molecular complexity index is 1020. The lowest BCUT2D eigenvalue weighted by atomic mass is 9.94. The van der Waals surface area contributed by atoms with Crippen molar-refractivity contribution in [3.05, 3.63) is 41.1 Å². The molecule has 2 atom stereocenters. The third kappa shape index (κ3) is 6.74. The number of urea groups is 2. The van der Waals surface area contributed by atoms with Gasteiger partial charge in [-0.25, -0.2) is 14.4 Å². The van der Waals surface area contributed by atoms with Gasteiger partial charge in [-0.3, -0.25) is 9.80 Å². The maximum atomic E-state index is 13.3. The number of rotatable bonds is 7. The van der Waals surface area contributed by atoms with Crippen molar-refractivity contribution in [2.45, 2.75) is 59.2 Å². The van der Waals surface area contributed by atoms with Crippen LogP contribution in [0.1, 0.15) is 53.1 Å². The molecule has 1 aromatic carbocycles. The summed E-state index contributed by atoms with van der Waals surface area (Å²) in [5.74, 6) is 0.235. The van der Waals surface area contributed by atoms with Gasteiger partial charge in [0.25, 0.3) is 0 Å². The van der Waals surface area contributed by atoms with Crippen LogP contribution in [-0.2, 0) is 9.53 Å². The lowest BCUT2D eigenvalue weighted by Crippen LogP contribution is -2.59. The Balaban J connectivity index is 1.92. The van der Waals surface area contributed by atoms with Crippen molar-refractivity contribution in [1.29, 1.82) is 0 Å². The van der Waals surface area contributed by atoms with Crippen molar-refractivity contribution in [3.63, 3.8) is 0 Å². The maximum absolute atomic E-state index is 13.3. The predicted octanol–water partition coefficient (Wildman–Crippen LogP) is 3.11. The van der Waals surface area contributed by atoms with E-state index in [-0.39, 0.29) is 30.2 Å². The van der Waals surface area contributed by atoms with Crippen LogP contribution < -0.4 is 15.4 Å². The summed E-state index contributed by atoms with van der Waals surface area (Å²) in [6.45, 7) is 14.3. The lowest BCUT2D eigenvalue weighted by Gasteiger charge is -2.43. The minimum absolute atomic E-state index is 0.0346. The number of methoxy groups -OCH3 is 1. The third-order valence-corrected chi connectivity index (χ3v) is 6.53. The standard InChI is InChI=1S/C27H41N5O5/c1-8-31-21(17-30-14-15-32(18(3)16-30)26(35)29-27(4,5)6)22(24(33)37-9-2)23(28-25(31)34)19-10-12-20(36-7)13-11-19/h10-13,18,23H,8-9,14-17H2,1-7H3,(H,28,34)(H,29,35)/t18-,23+/m1/s1. The van der Waals surface area contributed by atoms with E-state index in [4.69, 9.17) is 9.47 Å². The van der Waals surface area contributed by atoms with Gasteiger partial charge in [-0.2, -0.15) is 0 Å². The van der Waals surface area contributed by atoms with Crippen LogP contribution in [0.5, 0.6) is 5.75 Å². The number of nitrogens with zero attached hydrogens (tertiary/aromatic N) is 3. The van der Waals surface area contributed by atoms with Gasteiger partial charge >= 0.3 is 18.0 Å². The fourth-order valence-electron chi connectivity index (χ4n) is 4.79. The van der Waals surface area contributed by atoms with E-state index in [1.807, 2.05) is 51.7 Å². The number of ether oxygens (including phenoxy) is 2. The number of likely N-dealkylation sites (N-methyl/N-ethyl adjacent to an activating group) is 1. The first-order chi connectivity index (χ1) is 17.5. The highest BCUT2D eigenvalue weighted by Gasteiger charge is 2.39. The number of hydrogen-bond donors (Lipinski definition) is 2. The fourth-order valence-corrected chi connectivity index (χ4v) is 4.79. The first-order valence-corrected chi connectivity index (χ1v) is 12.9. The Morgan fingerprint density at radius 2 is 1.81 bits per heavy atom. The van der Waals surface area contributed by atoms with Gasteiger partial charge < -0.3 is 25.0 Å². The molecule has 2 aliphatic rings. The average molecular weight is 516 g/mol. The second kappa shape index (κ2) is 11.9. The van der Waals surface area contributed by atoms with E-state index >= 15 is 0 Å². The zero-order valence-electron chi connectivity index (χ0n) is 23.1. The Morgan fingerprint density at radius 1 is 1.14 bits per heavy atom. The van der Waals surface area contributed by atoms with Crippen LogP contribution in [0, 0.1) is 0 Å². The fraction of sp³-hybridized carbons (Fsp3) is 0.593. The van der Waals surface area contributed by atoms with Gasteiger partial charge in [-0.05, 0) is 59.2 Å². The molecule has 2 aliphatic heterocycles. The molecule has 2 N–H and O–H groups in total. The van der Waals surface area contributed by atoms with Gasteiger partial charge in [-0.1, -0.05) is 12.1 Å². The maximum Gasteiger partial charge on any atom is 0.338 e. The number of amides is 4. The molecule has 3 rings (SSSR count). The van der Waals surface area contributed by atoms with Crippen LogP contribution in [0.15, 0.2) is 35.5 Å². The Morgan fingerprint density at radius 3 is 2.35 bits per heavy atom. The minimum Gasteiger partial charge on any atom is -0.497 e. The second-order valence-electron chi connectivity index (χ2n) is 10.4. The van der Waals surface area contributed by atoms with E-state index in [1.165, 1.54) is 0 Å². The molecule has 0 spiro atoms. The van der Waals surface area contributed by atoms with Gasteiger partial charge in [0.1, 0.15) is 5.75 Å². The highest BCUT2D eigenvalue weighted by atomic mass is 16.5. The summed E-state index contributed by atoms with van der Waals surface area (Å²) in [6.07, 6.45) is 0. The molecule has 37 heavy (non-hydrogen) atoms. The third-order valence-electron chi connectivity index (χ3n) is 6.53. The summed E-state index contributed by atoms with van der Waals surface area (Å²) in [6, 6.07) is 6.27. The number of carbonyl (C=O) groups excluding carboxylic acids is 3. The van der Waals surface area contributed by atoms with E-state index in [9.17, 15) is 14.4 Å². The lowest BCUT2D eigenvalue weighted by molar-refractivity contribution is -0.139. The van der Waals surface area contributed by atoms with Crippen molar-refractivity contribution in [2.75, 3.05) is 46.4 Å². The van der Waals surface area contributed by atoms with E-state index in [0.717, 1.165) is 5.56 Å². The van der Waals surface area contributed by atoms with Gasteiger partial charge in [0.2, 0.25) is 0 Å². The molecule has 10 nitrogen and oxygen atoms in total. The Hall–Kier alpha value is -3.27. The summed E-state index contributed by atoms with van der Waals surface area (Å²) >= 11 is 0. The topological polar surface area (TPSA) is 103 Å². The largest absolute Gasteiger partial charge is 0.497 e. The molecule has 0 bridgehead atoms. The van der Waals surface area contributed by atoms with Gasteiger partial charge in [-0.15, -0.1) is 0 Å². The van der Waals surface area contributed by atoms with E-state index < -0.39 is 12.0 Å². The van der Waals surface area contributed by atoms with Crippen molar-refractivity contribution in [1.82, 2.24) is 25.3 Å². The molecule has 0 unspecified atom stereocenters. The van der Waals surface area contributed by atoms with Gasteiger partial charge in [0.05, 0.1) is 25.3 Å². The first-order valence-electron chi connectivity index (χ1n) is 12.9. The monoisotopic (exact) mass is 515 g/mol. The number of carbonyl (C=O) groups is 3. The molecule has 1 aromatic rings.